The molecule has 0 aliphatic carbocycles. The molecule has 3 nitrogen and oxygen atoms in total. The number of nitrogens with one attached hydrogen (secondary N) is 1. The van der Waals surface area contributed by atoms with Gasteiger partial charge in [-0.2, -0.15) is 0 Å². The van der Waals surface area contributed by atoms with E-state index in [0.29, 0.717) is 0 Å². The molecular formula is CHCl2NO2P+. The maximum absolute atomic E-state index is 9.12. The fraction of sp³-hybridized carbons (Fsp3) is 0. The average Bonchev–Trinajstić information content (AvgIpc) is 1.33. The van der Waals surface area contributed by atoms with Crippen LogP contribution in [0.3, 0.4) is 0 Å². The zero-order valence-electron chi connectivity index (χ0n) is 3.02. The third kappa shape index (κ3) is 27700. The molecule has 0 radical (unpaired) electrons. The summed E-state index contributed by atoms with van der Waals surface area (Å²) in [6.45, 7) is -1.93. The lowest BCUT2D eigenvalue weighted by molar-refractivity contribution is 0.562. The van der Waals surface area contributed by atoms with Crippen LogP contribution in [0.4, 0.5) is 0 Å². The summed E-state index contributed by atoms with van der Waals surface area (Å²) < 4.78 is 9.12. The molecule has 0 unspecified atom stereocenters. The number of isocyanates is 1. The van der Waals surface area contributed by atoms with E-state index in [1.807, 2.05) is 0 Å². The zero-order valence-corrected chi connectivity index (χ0v) is 5.43. The van der Waals surface area contributed by atoms with Gasteiger partial charge in [0.2, 0.25) is 28.6 Å². The van der Waals surface area contributed by atoms with E-state index in [4.69, 9.17) is 14.8 Å². The minimum Gasteiger partial charge on any atom is -0.222 e. The SMILES string of the molecule is N=C=O.O=[P+](Cl)Cl. The average molecular weight is 161 g/mol. The summed E-state index contributed by atoms with van der Waals surface area (Å²) in [4.78, 5) is 8.35. The lowest BCUT2D eigenvalue weighted by Gasteiger charge is -1.22. The highest BCUT2D eigenvalue weighted by atomic mass is 35.9. The molecule has 0 aliphatic heterocycles. The summed E-state index contributed by atoms with van der Waals surface area (Å²) >= 11 is 9.10. The number of hydrogen-bond acceptors (Lipinski definition) is 3. The molecule has 0 rings (SSSR count). The third-order valence-corrected chi connectivity index (χ3v) is 0. The summed E-state index contributed by atoms with van der Waals surface area (Å²) in [5, 5.41) is 5.40. The van der Waals surface area contributed by atoms with Crippen LogP contribution < -0.4 is 0 Å². The Morgan fingerprint density at radius 2 is 1.57 bits per heavy atom. The quantitative estimate of drug-likeness (QED) is 0.335. The van der Waals surface area contributed by atoms with Crippen molar-refractivity contribution in [3.8, 4) is 0 Å². The van der Waals surface area contributed by atoms with Gasteiger partial charge in [-0.1, -0.05) is 0 Å². The predicted molar refractivity (Wildman–Crippen MR) is 27.7 cm³/mol. The molecule has 0 fully saturated rings. The van der Waals surface area contributed by atoms with Gasteiger partial charge in [0.15, 0.2) is 0 Å². The molecule has 0 aromatic carbocycles. The molecule has 0 heterocycles. The van der Waals surface area contributed by atoms with Crippen molar-refractivity contribution in [1.29, 1.82) is 5.41 Å². The molecule has 0 aliphatic rings. The van der Waals surface area contributed by atoms with Crippen molar-refractivity contribution < 1.29 is 9.36 Å². The largest absolute Gasteiger partial charge is 0.575 e. The summed E-state index contributed by atoms with van der Waals surface area (Å²) in [5.74, 6) is 0. The Hall–Kier alpha value is 0.0600. The van der Waals surface area contributed by atoms with Crippen molar-refractivity contribution in [3.63, 3.8) is 0 Å². The number of carbonyl (C=O) groups excluding carboxylic acids is 1. The molecule has 0 saturated carbocycles. The van der Waals surface area contributed by atoms with Crippen molar-refractivity contribution >= 4 is 35.1 Å². The van der Waals surface area contributed by atoms with Crippen LogP contribution in [0.25, 0.3) is 0 Å². The van der Waals surface area contributed by atoms with E-state index in [1.165, 1.54) is 0 Å². The first-order valence-corrected chi connectivity index (χ1v) is 4.04. The minimum atomic E-state index is -1.93. The molecule has 0 aromatic heterocycles. The molecule has 6 heteroatoms. The molecule has 0 aromatic rings. The van der Waals surface area contributed by atoms with E-state index in [-0.39, 0.29) is 0 Å². The van der Waals surface area contributed by atoms with Crippen LogP contribution in [-0.2, 0) is 9.36 Å². The van der Waals surface area contributed by atoms with Gasteiger partial charge in [0.1, 0.15) is 0 Å². The van der Waals surface area contributed by atoms with E-state index < -0.39 is 6.51 Å². The van der Waals surface area contributed by atoms with Gasteiger partial charge in [0.05, 0.1) is 0 Å². The monoisotopic (exact) mass is 160 g/mol. The van der Waals surface area contributed by atoms with Gasteiger partial charge >= 0.3 is 6.51 Å². The topological polar surface area (TPSA) is 58.0 Å². The van der Waals surface area contributed by atoms with Crippen LogP contribution in [0.2, 0.25) is 0 Å². The first-order valence-electron chi connectivity index (χ1n) is 0.975. The molecule has 1 N–H and O–H groups in total. The lowest BCUT2D eigenvalue weighted by atomic mass is 11.7. The summed E-state index contributed by atoms with van der Waals surface area (Å²) in [6.07, 6.45) is 0.750. The van der Waals surface area contributed by atoms with Crippen LogP contribution in [-0.4, -0.2) is 6.08 Å². The Kier molecular flexibility index (Phi) is 13.6. The Labute approximate surface area is 50.5 Å². The Balaban J connectivity index is 0. The van der Waals surface area contributed by atoms with Crippen LogP contribution in [0, 0.1) is 5.41 Å². The predicted octanol–water partition coefficient (Wildman–Crippen LogP) is 2.02. The van der Waals surface area contributed by atoms with Crippen molar-refractivity contribution in [2.24, 2.45) is 0 Å². The van der Waals surface area contributed by atoms with Crippen molar-refractivity contribution in [2.75, 3.05) is 0 Å². The maximum Gasteiger partial charge on any atom is 0.575 e. The molecular weight excluding hydrogens is 160 g/mol. The fourth-order valence-corrected chi connectivity index (χ4v) is 0. The molecule has 40 valence electrons. The maximum atomic E-state index is 9.12. The van der Waals surface area contributed by atoms with Gasteiger partial charge in [-0.05, 0) is 4.57 Å². The first-order chi connectivity index (χ1) is 3.15. The lowest BCUT2D eigenvalue weighted by Crippen LogP contribution is -1.16. The van der Waals surface area contributed by atoms with Gasteiger partial charge in [0, 0.05) is 0 Å². The Morgan fingerprint density at radius 1 is 1.57 bits per heavy atom. The van der Waals surface area contributed by atoms with Crippen molar-refractivity contribution in [1.82, 2.24) is 0 Å². The van der Waals surface area contributed by atoms with Gasteiger partial charge in [-0.15, -0.1) is 0 Å². The van der Waals surface area contributed by atoms with Crippen molar-refractivity contribution in [2.45, 2.75) is 0 Å². The first kappa shape index (κ1) is 10.1. The standard InChI is InChI=1S/CHNO.Cl2OP/c2-1-3;1-4(2)3/h2H;/q;+1. The summed E-state index contributed by atoms with van der Waals surface area (Å²) in [6, 6.07) is 0. The van der Waals surface area contributed by atoms with Crippen molar-refractivity contribution in [3.05, 3.63) is 0 Å². The summed E-state index contributed by atoms with van der Waals surface area (Å²) in [5.41, 5.74) is 0. The van der Waals surface area contributed by atoms with Gasteiger partial charge in [-0.3, -0.25) is 0 Å². The van der Waals surface area contributed by atoms with Crippen LogP contribution in [0.15, 0.2) is 0 Å². The Bertz CT molecular complexity index is 83.7. The van der Waals surface area contributed by atoms with E-state index in [2.05, 4.69) is 22.5 Å². The highest BCUT2D eigenvalue weighted by molar-refractivity contribution is 7.95. The fourth-order valence-electron chi connectivity index (χ4n) is 0. The molecule has 0 amide bonds. The van der Waals surface area contributed by atoms with Gasteiger partial charge < -0.3 is 0 Å². The molecule has 7 heavy (non-hydrogen) atoms. The second-order valence-electron chi connectivity index (χ2n) is 0.304. The van der Waals surface area contributed by atoms with Crippen LogP contribution >= 0.6 is 29.0 Å². The van der Waals surface area contributed by atoms with Crippen LogP contribution in [0.1, 0.15) is 0 Å². The second-order valence-corrected chi connectivity index (χ2v) is 3.07. The number of rotatable bonds is 0. The van der Waals surface area contributed by atoms with E-state index in [0.717, 1.165) is 6.08 Å². The Morgan fingerprint density at radius 3 is 1.57 bits per heavy atom. The molecule has 0 atom stereocenters. The van der Waals surface area contributed by atoms with E-state index in [1.54, 1.807) is 0 Å². The highest BCUT2D eigenvalue weighted by Crippen LogP contribution is 2.31. The molecule has 0 bridgehead atoms. The molecule has 0 spiro atoms. The zero-order chi connectivity index (χ0) is 6.28. The number of hydrogen-bond donors (Lipinski definition) is 1. The summed E-state index contributed by atoms with van der Waals surface area (Å²) in [7, 11) is 0. The minimum absolute atomic E-state index is 0.750. The second kappa shape index (κ2) is 9.41. The molecule has 0 saturated heterocycles. The third-order valence-electron chi connectivity index (χ3n) is 0. The van der Waals surface area contributed by atoms with Crippen LogP contribution in [0.5, 0.6) is 0 Å². The smallest absolute Gasteiger partial charge is 0.222 e. The van der Waals surface area contributed by atoms with E-state index in [9.17, 15) is 0 Å². The van der Waals surface area contributed by atoms with Gasteiger partial charge in [0.25, 0.3) is 0 Å². The number of halogens is 2. The van der Waals surface area contributed by atoms with E-state index >= 15 is 0 Å². The normalized spacial score (nSPS) is 4.86. The van der Waals surface area contributed by atoms with Gasteiger partial charge in [-0.25, -0.2) is 10.2 Å². The highest BCUT2D eigenvalue weighted by Gasteiger charge is 1.97.